The summed E-state index contributed by atoms with van der Waals surface area (Å²) in [6.45, 7) is 1.84. The highest BCUT2D eigenvalue weighted by Crippen LogP contribution is 2.32. The normalized spacial score (nSPS) is 11.2. The van der Waals surface area contributed by atoms with Crippen LogP contribution in [0.1, 0.15) is 5.69 Å². The van der Waals surface area contributed by atoms with Crippen LogP contribution in [-0.4, -0.2) is 9.38 Å². The lowest BCUT2D eigenvalue weighted by molar-refractivity contribution is 0.589. The maximum absolute atomic E-state index is 13.9. The minimum atomic E-state index is -0.683. The first-order valence-corrected chi connectivity index (χ1v) is 6.67. The van der Waals surface area contributed by atoms with E-state index in [4.69, 9.17) is 5.73 Å². The van der Waals surface area contributed by atoms with E-state index in [2.05, 4.69) is 20.9 Å². The second-order valence-electron chi connectivity index (χ2n) is 4.40. The molecule has 0 fully saturated rings. The zero-order chi connectivity index (χ0) is 14.4. The van der Waals surface area contributed by atoms with Crippen molar-refractivity contribution in [3.63, 3.8) is 0 Å². The predicted octanol–water partition coefficient (Wildman–Crippen LogP) is 3.93. The third-order valence-corrected chi connectivity index (χ3v) is 4.04. The molecule has 2 N–H and O–H groups in total. The van der Waals surface area contributed by atoms with Crippen LogP contribution in [0.25, 0.3) is 16.9 Å². The monoisotopic (exact) mass is 337 g/mol. The standard InChI is InChI=1S/C14H10BrF2N3/c1-7-8(15)5-6-11-19-13(14(18)20(7)11)12-9(16)3-2-4-10(12)17/h2-6H,18H2,1H3. The molecule has 1 aromatic carbocycles. The molecule has 3 rings (SSSR count). The highest BCUT2D eigenvalue weighted by molar-refractivity contribution is 9.10. The molecule has 0 saturated heterocycles. The van der Waals surface area contributed by atoms with Gasteiger partial charge in [-0.3, -0.25) is 4.40 Å². The number of halogens is 3. The molecule has 2 aromatic heterocycles. The van der Waals surface area contributed by atoms with Crippen LogP contribution < -0.4 is 5.73 Å². The Morgan fingerprint density at radius 1 is 1.15 bits per heavy atom. The number of nitrogen functional groups attached to an aromatic ring is 1. The summed E-state index contributed by atoms with van der Waals surface area (Å²) in [5.41, 5.74) is 7.29. The molecule has 0 amide bonds. The van der Waals surface area contributed by atoms with Gasteiger partial charge in [0, 0.05) is 10.2 Å². The Kier molecular flexibility index (Phi) is 2.97. The molecule has 0 atom stereocenters. The molecule has 102 valence electrons. The van der Waals surface area contributed by atoms with Gasteiger partial charge in [0.2, 0.25) is 0 Å². The van der Waals surface area contributed by atoms with Gasteiger partial charge in [-0.2, -0.15) is 0 Å². The zero-order valence-electron chi connectivity index (χ0n) is 10.5. The van der Waals surface area contributed by atoms with E-state index >= 15 is 0 Å². The smallest absolute Gasteiger partial charge is 0.139 e. The minimum absolute atomic E-state index is 0.113. The van der Waals surface area contributed by atoms with Crippen LogP contribution in [0, 0.1) is 18.6 Å². The Balaban J connectivity index is 2.39. The van der Waals surface area contributed by atoms with Crippen LogP contribution in [0.4, 0.5) is 14.6 Å². The van der Waals surface area contributed by atoms with E-state index in [9.17, 15) is 8.78 Å². The van der Waals surface area contributed by atoms with Crippen molar-refractivity contribution in [3.8, 4) is 11.3 Å². The quantitative estimate of drug-likeness (QED) is 0.731. The molecule has 0 radical (unpaired) electrons. The Labute approximate surface area is 122 Å². The van der Waals surface area contributed by atoms with Gasteiger partial charge < -0.3 is 5.73 Å². The Hall–Kier alpha value is -1.95. The minimum Gasteiger partial charge on any atom is -0.383 e. The van der Waals surface area contributed by atoms with Gasteiger partial charge in [-0.25, -0.2) is 13.8 Å². The fraction of sp³-hybridized carbons (Fsp3) is 0.0714. The van der Waals surface area contributed by atoms with Crippen LogP contribution in [0.15, 0.2) is 34.8 Å². The van der Waals surface area contributed by atoms with E-state index in [0.29, 0.717) is 5.65 Å². The first-order chi connectivity index (χ1) is 9.50. The predicted molar refractivity (Wildman–Crippen MR) is 77.4 cm³/mol. The van der Waals surface area contributed by atoms with E-state index < -0.39 is 11.6 Å². The number of rotatable bonds is 1. The molecule has 0 aliphatic rings. The highest BCUT2D eigenvalue weighted by atomic mass is 79.9. The summed E-state index contributed by atoms with van der Waals surface area (Å²) >= 11 is 3.39. The fourth-order valence-corrected chi connectivity index (χ4v) is 2.51. The Morgan fingerprint density at radius 2 is 1.80 bits per heavy atom. The molecule has 6 heteroatoms. The Bertz CT molecular complexity index is 807. The average molecular weight is 338 g/mol. The number of nitrogens with two attached hydrogens (primary N) is 1. The average Bonchev–Trinajstić information content (AvgIpc) is 2.72. The summed E-state index contributed by atoms with van der Waals surface area (Å²) in [4.78, 5) is 4.24. The van der Waals surface area contributed by atoms with Gasteiger partial charge in [-0.15, -0.1) is 0 Å². The van der Waals surface area contributed by atoms with Crippen molar-refractivity contribution < 1.29 is 8.78 Å². The van der Waals surface area contributed by atoms with Crippen LogP contribution in [0.2, 0.25) is 0 Å². The van der Waals surface area contributed by atoms with Crippen LogP contribution >= 0.6 is 15.9 Å². The summed E-state index contributed by atoms with van der Waals surface area (Å²) in [6, 6.07) is 7.23. The molecular weight excluding hydrogens is 328 g/mol. The number of benzene rings is 1. The first-order valence-electron chi connectivity index (χ1n) is 5.88. The molecule has 2 heterocycles. The SMILES string of the molecule is Cc1c(Br)ccc2nc(-c3c(F)cccc3F)c(N)n12. The van der Waals surface area contributed by atoms with E-state index in [1.807, 2.05) is 13.0 Å². The Morgan fingerprint density at radius 3 is 2.45 bits per heavy atom. The molecule has 0 aliphatic heterocycles. The second-order valence-corrected chi connectivity index (χ2v) is 5.26. The summed E-state index contributed by atoms with van der Waals surface area (Å²) in [7, 11) is 0. The maximum atomic E-state index is 13.9. The van der Waals surface area contributed by atoms with E-state index in [-0.39, 0.29) is 17.1 Å². The number of aryl methyl sites for hydroxylation is 1. The third kappa shape index (κ3) is 1.79. The van der Waals surface area contributed by atoms with Crippen LogP contribution in [0.5, 0.6) is 0 Å². The van der Waals surface area contributed by atoms with E-state index in [1.54, 1.807) is 10.5 Å². The van der Waals surface area contributed by atoms with Crippen molar-refractivity contribution in [1.82, 2.24) is 9.38 Å². The van der Waals surface area contributed by atoms with Gasteiger partial charge in [-0.1, -0.05) is 6.07 Å². The van der Waals surface area contributed by atoms with Crippen molar-refractivity contribution >= 4 is 27.4 Å². The maximum Gasteiger partial charge on any atom is 0.139 e. The van der Waals surface area contributed by atoms with Gasteiger partial charge >= 0.3 is 0 Å². The van der Waals surface area contributed by atoms with E-state index in [1.165, 1.54) is 18.2 Å². The molecule has 0 bridgehead atoms. The number of aromatic nitrogens is 2. The van der Waals surface area contributed by atoms with Gasteiger partial charge in [0.1, 0.15) is 28.8 Å². The molecule has 0 saturated carbocycles. The van der Waals surface area contributed by atoms with Crippen LogP contribution in [0.3, 0.4) is 0 Å². The summed E-state index contributed by atoms with van der Waals surface area (Å²) in [5.74, 6) is -1.16. The summed E-state index contributed by atoms with van der Waals surface area (Å²) < 4.78 is 30.2. The van der Waals surface area contributed by atoms with Crippen molar-refractivity contribution in [1.29, 1.82) is 0 Å². The van der Waals surface area contributed by atoms with Gasteiger partial charge in [0.15, 0.2) is 0 Å². The van der Waals surface area contributed by atoms with Crippen molar-refractivity contribution in [2.45, 2.75) is 6.92 Å². The molecule has 3 nitrogen and oxygen atoms in total. The zero-order valence-corrected chi connectivity index (χ0v) is 12.1. The number of anilines is 1. The number of hydrogen-bond donors (Lipinski definition) is 1. The van der Waals surface area contributed by atoms with Crippen LogP contribution in [-0.2, 0) is 0 Å². The molecular formula is C14H10BrF2N3. The van der Waals surface area contributed by atoms with Crippen molar-refractivity contribution in [2.75, 3.05) is 5.73 Å². The number of imidazole rings is 1. The number of pyridine rings is 1. The third-order valence-electron chi connectivity index (χ3n) is 3.20. The summed E-state index contributed by atoms with van der Waals surface area (Å²) in [5, 5.41) is 0. The molecule has 0 unspecified atom stereocenters. The van der Waals surface area contributed by atoms with E-state index in [0.717, 1.165) is 10.2 Å². The summed E-state index contributed by atoms with van der Waals surface area (Å²) in [6.07, 6.45) is 0. The lowest BCUT2D eigenvalue weighted by Crippen LogP contribution is -1.99. The van der Waals surface area contributed by atoms with Gasteiger partial charge in [0.05, 0.1) is 5.56 Å². The highest BCUT2D eigenvalue weighted by Gasteiger charge is 2.20. The number of fused-ring (bicyclic) bond motifs is 1. The van der Waals surface area contributed by atoms with Crippen molar-refractivity contribution in [2.24, 2.45) is 0 Å². The molecule has 0 spiro atoms. The topological polar surface area (TPSA) is 43.3 Å². The second kappa shape index (κ2) is 4.56. The van der Waals surface area contributed by atoms with Gasteiger partial charge in [-0.05, 0) is 47.1 Å². The molecule has 0 aliphatic carbocycles. The van der Waals surface area contributed by atoms with Crippen molar-refractivity contribution in [3.05, 3.63) is 52.1 Å². The lowest BCUT2D eigenvalue weighted by atomic mass is 10.1. The number of nitrogens with zero attached hydrogens (tertiary/aromatic N) is 2. The molecule has 3 aromatic rings. The first kappa shape index (κ1) is 13.1. The largest absolute Gasteiger partial charge is 0.383 e. The molecule has 20 heavy (non-hydrogen) atoms. The lowest BCUT2D eigenvalue weighted by Gasteiger charge is -2.05. The fourth-order valence-electron chi connectivity index (χ4n) is 2.20. The number of hydrogen-bond acceptors (Lipinski definition) is 2. The van der Waals surface area contributed by atoms with Gasteiger partial charge in [0.25, 0.3) is 0 Å².